The predicted octanol–water partition coefficient (Wildman–Crippen LogP) is 2.92. The Morgan fingerprint density at radius 1 is 1.00 bits per heavy atom. The lowest BCUT2D eigenvalue weighted by Gasteiger charge is -2.07. The number of carbonyl (C=O) groups is 2. The molecule has 0 unspecified atom stereocenters. The molecule has 0 saturated carbocycles. The van der Waals surface area contributed by atoms with Gasteiger partial charge in [-0.05, 0) is 33.6 Å². The lowest BCUT2D eigenvalue weighted by atomic mass is 10.2. The van der Waals surface area contributed by atoms with Gasteiger partial charge in [-0.2, -0.15) is 0 Å². The number of hydrogen-bond donors (Lipinski definition) is 1. The van der Waals surface area contributed by atoms with Crippen LogP contribution in [0.25, 0.3) is 0 Å². The van der Waals surface area contributed by atoms with Crippen LogP contribution in [0.15, 0.2) is 59.1 Å². The summed E-state index contributed by atoms with van der Waals surface area (Å²) in [5, 5.41) is 2.53. The first-order valence-electron chi connectivity index (χ1n) is 6.39. The molecule has 2 aromatic rings. The van der Waals surface area contributed by atoms with Crippen molar-refractivity contribution in [2.24, 2.45) is 0 Å². The van der Waals surface area contributed by atoms with E-state index in [4.69, 9.17) is 4.74 Å². The summed E-state index contributed by atoms with van der Waals surface area (Å²) in [7, 11) is 0. The van der Waals surface area contributed by atoms with E-state index in [2.05, 4.69) is 21.2 Å². The molecule has 0 aromatic heterocycles. The van der Waals surface area contributed by atoms with Crippen molar-refractivity contribution in [1.29, 1.82) is 0 Å². The van der Waals surface area contributed by atoms with Gasteiger partial charge in [-0.15, -0.1) is 0 Å². The Balaban J connectivity index is 1.79. The van der Waals surface area contributed by atoms with Crippen LogP contribution >= 0.6 is 15.9 Å². The molecule has 0 saturated heterocycles. The molecule has 21 heavy (non-hydrogen) atoms. The second-order valence-corrected chi connectivity index (χ2v) is 5.16. The van der Waals surface area contributed by atoms with E-state index in [1.807, 2.05) is 36.4 Å². The fourth-order valence-corrected chi connectivity index (χ4v) is 2.15. The summed E-state index contributed by atoms with van der Waals surface area (Å²) < 4.78 is 5.76. The van der Waals surface area contributed by atoms with Gasteiger partial charge in [-0.25, -0.2) is 0 Å². The normalized spacial score (nSPS) is 9.95. The van der Waals surface area contributed by atoms with Crippen molar-refractivity contribution in [3.05, 3.63) is 70.2 Å². The Labute approximate surface area is 131 Å². The predicted molar refractivity (Wildman–Crippen MR) is 82.7 cm³/mol. The number of carbonyl (C=O) groups excluding carboxylic acids is 2. The number of rotatable bonds is 5. The minimum absolute atomic E-state index is 0.160. The molecule has 0 radical (unpaired) electrons. The molecule has 1 N–H and O–H groups in total. The van der Waals surface area contributed by atoms with Gasteiger partial charge in [0.05, 0.1) is 5.56 Å². The molecule has 108 valence electrons. The topological polar surface area (TPSA) is 55.4 Å². The van der Waals surface area contributed by atoms with E-state index in [1.54, 1.807) is 18.2 Å². The summed E-state index contributed by atoms with van der Waals surface area (Å²) in [6.07, 6.45) is 0. The number of hydrogen-bond acceptors (Lipinski definition) is 3. The van der Waals surface area contributed by atoms with Crippen molar-refractivity contribution in [3.63, 3.8) is 0 Å². The van der Waals surface area contributed by atoms with Crippen LogP contribution in [0, 0.1) is 0 Å². The Morgan fingerprint density at radius 2 is 1.67 bits per heavy atom. The fraction of sp³-hybridized carbons (Fsp3) is 0.125. The number of benzene rings is 2. The molecule has 5 heteroatoms. The molecule has 0 aliphatic carbocycles. The lowest BCUT2D eigenvalue weighted by Crippen LogP contribution is -2.30. The smallest absolute Gasteiger partial charge is 0.325 e. The van der Waals surface area contributed by atoms with Gasteiger partial charge in [0.15, 0.2) is 0 Å². The average molecular weight is 348 g/mol. The molecule has 4 nitrogen and oxygen atoms in total. The Hall–Kier alpha value is -2.14. The highest BCUT2D eigenvalue weighted by atomic mass is 79.9. The summed E-state index contributed by atoms with van der Waals surface area (Å²) in [6.45, 7) is 0.0393. The zero-order valence-electron chi connectivity index (χ0n) is 11.2. The number of esters is 1. The number of ether oxygens (including phenoxy) is 1. The van der Waals surface area contributed by atoms with Crippen LogP contribution in [0.1, 0.15) is 15.9 Å². The first kappa shape index (κ1) is 15.3. The fourth-order valence-electron chi connectivity index (χ4n) is 1.68. The third-order valence-electron chi connectivity index (χ3n) is 2.75. The van der Waals surface area contributed by atoms with Crippen molar-refractivity contribution in [3.8, 4) is 0 Å². The zero-order chi connectivity index (χ0) is 15.1. The molecule has 0 heterocycles. The summed E-state index contributed by atoms with van der Waals surface area (Å²) >= 11 is 3.29. The number of halogens is 1. The van der Waals surface area contributed by atoms with Gasteiger partial charge < -0.3 is 10.1 Å². The monoisotopic (exact) mass is 347 g/mol. The number of amides is 1. The SMILES string of the molecule is O=C(CNC(=O)c1ccccc1Br)OCc1ccccc1. The van der Waals surface area contributed by atoms with Crippen molar-refractivity contribution in [2.45, 2.75) is 6.61 Å². The third kappa shape index (κ3) is 4.72. The molecular formula is C16H14BrNO3. The molecule has 0 atom stereocenters. The second-order valence-electron chi connectivity index (χ2n) is 4.31. The van der Waals surface area contributed by atoms with Gasteiger partial charge in [-0.3, -0.25) is 9.59 Å². The minimum Gasteiger partial charge on any atom is -0.460 e. The maximum atomic E-state index is 11.9. The van der Waals surface area contributed by atoms with Crippen LogP contribution in [-0.4, -0.2) is 18.4 Å². The molecule has 0 bridgehead atoms. The van der Waals surface area contributed by atoms with Gasteiger partial charge in [0, 0.05) is 4.47 Å². The highest BCUT2D eigenvalue weighted by Crippen LogP contribution is 2.15. The van der Waals surface area contributed by atoms with Crippen LogP contribution in [-0.2, 0) is 16.1 Å². The summed E-state index contributed by atoms with van der Waals surface area (Å²) in [5.74, 6) is -0.793. The second kappa shape index (κ2) is 7.59. The van der Waals surface area contributed by atoms with Gasteiger partial charge >= 0.3 is 5.97 Å². The Morgan fingerprint density at radius 3 is 2.38 bits per heavy atom. The largest absolute Gasteiger partial charge is 0.460 e. The molecule has 2 aromatic carbocycles. The first-order chi connectivity index (χ1) is 10.2. The summed E-state index contributed by atoms with van der Waals surface area (Å²) in [6, 6.07) is 16.4. The van der Waals surface area contributed by atoms with E-state index in [9.17, 15) is 9.59 Å². The van der Waals surface area contributed by atoms with Crippen molar-refractivity contribution >= 4 is 27.8 Å². The maximum absolute atomic E-state index is 11.9. The van der Waals surface area contributed by atoms with Gasteiger partial charge in [0.1, 0.15) is 13.2 Å². The maximum Gasteiger partial charge on any atom is 0.325 e. The lowest BCUT2D eigenvalue weighted by molar-refractivity contribution is -0.143. The molecular weight excluding hydrogens is 334 g/mol. The van der Waals surface area contributed by atoms with Crippen LogP contribution < -0.4 is 5.32 Å². The van der Waals surface area contributed by atoms with E-state index in [0.29, 0.717) is 10.0 Å². The highest BCUT2D eigenvalue weighted by Gasteiger charge is 2.11. The summed E-state index contributed by atoms with van der Waals surface area (Å²) in [4.78, 5) is 23.5. The Bertz CT molecular complexity index is 628. The van der Waals surface area contributed by atoms with E-state index in [-0.39, 0.29) is 19.1 Å². The van der Waals surface area contributed by atoms with Crippen LogP contribution in [0.2, 0.25) is 0 Å². The molecule has 0 fully saturated rings. The van der Waals surface area contributed by atoms with Gasteiger partial charge in [-0.1, -0.05) is 42.5 Å². The molecule has 2 rings (SSSR count). The van der Waals surface area contributed by atoms with Crippen LogP contribution in [0.3, 0.4) is 0 Å². The van der Waals surface area contributed by atoms with Crippen molar-refractivity contribution < 1.29 is 14.3 Å². The standard InChI is InChI=1S/C16H14BrNO3/c17-14-9-5-4-8-13(14)16(20)18-10-15(19)21-11-12-6-2-1-3-7-12/h1-9H,10-11H2,(H,18,20). The van der Waals surface area contributed by atoms with Gasteiger partial charge in [0.25, 0.3) is 5.91 Å². The molecule has 0 aliphatic rings. The number of nitrogens with one attached hydrogen (secondary N) is 1. The first-order valence-corrected chi connectivity index (χ1v) is 7.18. The third-order valence-corrected chi connectivity index (χ3v) is 3.45. The van der Waals surface area contributed by atoms with Crippen LogP contribution in [0.5, 0.6) is 0 Å². The van der Waals surface area contributed by atoms with E-state index < -0.39 is 5.97 Å². The quantitative estimate of drug-likeness (QED) is 0.846. The molecule has 0 spiro atoms. The van der Waals surface area contributed by atoms with Crippen LogP contribution in [0.4, 0.5) is 0 Å². The molecule has 0 aliphatic heterocycles. The zero-order valence-corrected chi connectivity index (χ0v) is 12.8. The average Bonchev–Trinajstić information content (AvgIpc) is 2.52. The van der Waals surface area contributed by atoms with Gasteiger partial charge in [0.2, 0.25) is 0 Å². The van der Waals surface area contributed by atoms with Crippen molar-refractivity contribution in [2.75, 3.05) is 6.54 Å². The molecule has 1 amide bonds. The summed E-state index contributed by atoms with van der Waals surface area (Å²) in [5.41, 5.74) is 1.39. The highest BCUT2D eigenvalue weighted by molar-refractivity contribution is 9.10. The Kier molecular flexibility index (Phi) is 5.51. The van der Waals surface area contributed by atoms with E-state index in [0.717, 1.165) is 5.56 Å². The van der Waals surface area contributed by atoms with E-state index in [1.165, 1.54) is 0 Å². The van der Waals surface area contributed by atoms with Crippen molar-refractivity contribution in [1.82, 2.24) is 5.32 Å². The minimum atomic E-state index is -0.473. The van der Waals surface area contributed by atoms with E-state index >= 15 is 0 Å².